The molecule has 4 rings (SSSR count). The molecule has 0 spiro atoms. The highest BCUT2D eigenvalue weighted by Gasteiger charge is 2.18. The van der Waals surface area contributed by atoms with Gasteiger partial charge in [0.2, 0.25) is 0 Å². The van der Waals surface area contributed by atoms with Crippen LogP contribution in [-0.4, -0.2) is 40.2 Å². The molecular weight excluding hydrogens is 498 g/mol. The number of hydrogen-bond acceptors (Lipinski definition) is 7. The van der Waals surface area contributed by atoms with E-state index in [-0.39, 0.29) is 5.91 Å². The van der Waals surface area contributed by atoms with Gasteiger partial charge in [-0.05, 0) is 81.1 Å². The molecule has 1 N–H and O–H groups in total. The third-order valence-corrected chi connectivity index (χ3v) is 6.79. The summed E-state index contributed by atoms with van der Waals surface area (Å²) >= 11 is 1.41. The molecule has 1 amide bonds. The van der Waals surface area contributed by atoms with Gasteiger partial charge in [-0.15, -0.1) is 11.3 Å². The molecule has 0 atom stereocenters. The first kappa shape index (κ1) is 26.9. The number of nitrogens with one attached hydrogen (secondary N) is 1. The number of nitriles is 1. The molecule has 0 saturated carbocycles. The average molecular weight is 530 g/mol. The second kappa shape index (κ2) is 14.0. The van der Waals surface area contributed by atoms with E-state index in [0.29, 0.717) is 35.9 Å². The lowest BCUT2D eigenvalue weighted by Crippen LogP contribution is -2.24. The number of rotatable bonds is 14. The standard InChI is InChI=1S/C29H31N5O3S/c1-22-33-27(28(38-22)29(35)32-14-5-16-34-17-15-31-21-34)24-8-12-26(13-9-24)37-19-4-2-3-18-36-25-10-6-23(20-30)7-11-25/h6-13,15,17,21H,2-5,14,16,18-19H2,1H3,(H,32,35). The Morgan fingerprint density at radius 3 is 2.32 bits per heavy atom. The number of carbonyl (C=O) groups is 1. The summed E-state index contributed by atoms with van der Waals surface area (Å²) in [5.41, 5.74) is 2.22. The van der Waals surface area contributed by atoms with Gasteiger partial charge in [-0.2, -0.15) is 5.26 Å². The Morgan fingerprint density at radius 1 is 1.00 bits per heavy atom. The van der Waals surface area contributed by atoms with Crippen molar-refractivity contribution in [2.45, 2.75) is 39.2 Å². The second-order valence-electron chi connectivity index (χ2n) is 8.74. The smallest absolute Gasteiger partial charge is 0.263 e. The predicted molar refractivity (Wildman–Crippen MR) is 147 cm³/mol. The zero-order valence-electron chi connectivity index (χ0n) is 21.4. The van der Waals surface area contributed by atoms with E-state index in [1.54, 1.807) is 24.7 Å². The molecule has 4 aromatic rings. The van der Waals surface area contributed by atoms with Crippen LogP contribution in [0.25, 0.3) is 11.3 Å². The molecule has 2 aromatic heterocycles. The number of benzene rings is 2. The summed E-state index contributed by atoms with van der Waals surface area (Å²) in [5, 5.41) is 12.7. The Balaban J connectivity index is 1.17. The van der Waals surface area contributed by atoms with Crippen LogP contribution in [0.4, 0.5) is 0 Å². The van der Waals surface area contributed by atoms with Gasteiger partial charge in [0, 0.05) is 31.0 Å². The summed E-state index contributed by atoms with van der Waals surface area (Å²) < 4.78 is 13.6. The van der Waals surface area contributed by atoms with Crippen LogP contribution < -0.4 is 14.8 Å². The molecule has 2 heterocycles. The number of thiazole rings is 1. The number of carbonyl (C=O) groups excluding carboxylic acids is 1. The van der Waals surface area contributed by atoms with Gasteiger partial charge in [-0.3, -0.25) is 4.79 Å². The highest BCUT2D eigenvalue weighted by atomic mass is 32.1. The third kappa shape index (κ3) is 7.92. The molecule has 38 heavy (non-hydrogen) atoms. The van der Waals surface area contributed by atoms with Crippen LogP contribution in [0.15, 0.2) is 67.3 Å². The summed E-state index contributed by atoms with van der Waals surface area (Å²) in [6, 6.07) is 17.0. The molecule has 0 unspecified atom stereocenters. The monoisotopic (exact) mass is 529 g/mol. The van der Waals surface area contributed by atoms with Crippen LogP contribution in [0.5, 0.6) is 11.5 Å². The zero-order valence-corrected chi connectivity index (χ0v) is 22.2. The van der Waals surface area contributed by atoms with Crippen molar-refractivity contribution in [3.8, 4) is 28.8 Å². The number of hydrogen-bond donors (Lipinski definition) is 1. The summed E-state index contributed by atoms with van der Waals surface area (Å²) in [6.45, 7) is 4.56. The lowest BCUT2D eigenvalue weighted by atomic mass is 10.1. The summed E-state index contributed by atoms with van der Waals surface area (Å²) in [4.78, 5) is 22.1. The van der Waals surface area contributed by atoms with Gasteiger partial charge >= 0.3 is 0 Å². The van der Waals surface area contributed by atoms with E-state index in [1.165, 1.54) is 11.3 Å². The molecule has 0 bridgehead atoms. The molecule has 196 valence electrons. The fourth-order valence-electron chi connectivity index (χ4n) is 3.84. The van der Waals surface area contributed by atoms with E-state index in [9.17, 15) is 4.79 Å². The first-order valence-electron chi connectivity index (χ1n) is 12.7. The Labute approximate surface area is 226 Å². The quantitative estimate of drug-likeness (QED) is 0.212. The van der Waals surface area contributed by atoms with Crippen LogP contribution in [0.3, 0.4) is 0 Å². The van der Waals surface area contributed by atoms with Gasteiger partial charge in [-0.25, -0.2) is 9.97 Å². The normalized spacial score (nSPS) is 10.6. The molecule has 9 heteroatoms. The van der Waals surface area contributed by atoms with Crippen molar-refractivity contribution in [1.29, 1.82) is 5.26 Å². The summed E-state index contributed by atoms with van der Waals surface area (Å²) in [7, 11) is 0. The van der Waals surface area contributed by atoms with Gasteiger partial charge in [0.05, 0.1) is 41.9 Å². The molecule has 0 fully saturated rings. The number of imidazole rings is 1. The lowest BCUT2D eigenvalue weighted by Gasteiger charge is -2.09. The number of aryl methyl sites for hydroxylation is 2. The maximum Gasteiger partial charge on any atom is 0.263 e. The topological polar surface area (TPSA) is 102 Å². The van der Waals surface area contributed by atoms with Crippen molar-refractivity contribution in [3.05, 3.63) is 82.7 Å². The van der Waals surface area contributed by atoms with E-state index >= 15 is 0 Å². The molecule has 0 radical (unpaired) electrons. The fraction of sp³-hybridized carbons (Fsp3) is 0.310. The van der Waals surface area contributed by atoms with E-state index in [1.807, 2.05) is 54.1 Å². The summed E-state index contributed by atoms with van der Waals surface area (Å²) in [5.74, 6) is 1.47. The Hall–Kier alpha value is -4.16. The largest absolute Gasteiger partial charge is 0.494 e. The van der Waals surface area contributed by atoms with Crippen LogP contribution in [0.1, 0.15) is 45.9 Å². The van der Waals surface area contributed by atoms with Gasteiger partial charge in [0.15, 0.2) is 0 Å². The van der Waals surface area contributed by atoms with Crippen molar-refractivity contribution in [2.75, 3.05) is 19.8 Å². The molecule has 0 aliphatic rings. The van der Waals surface area contributed by atoms with Crippen LogP contribution in [0.2, 0.25) is 0 Å². The van der Waals surface area contributed by atoms with Crippen molar-refractivity contribution in [3.63, 3.8) is 0 Å². The summed E-state index contributed by atoms with van der Waals surface area (Å²) in [6.07, 6.45) is 9.11. The second-order valence-corrected chi connectivity index (χ2v) is 9.94. The molecule has 0 aliphatic heterocycles. The Bertz CT molecular complexity index is 1330. The third-order valence-electron chi connectivity index (χ3n) is 5.82. The highest BCUT2D eigenvalue weighted by Crippen LogP contribution is 2.29. The van der Waals surface area contributed by atoms with Crippen molar-refractivity contribution in [1.82, 2.24) is 19.9 Å². The van der Waals surface area contributed by atoms with E-state index in [2.05, 4.69) is 21.4 Å². The van der Waals surface area contributed by atoms with E-state index < -0.39 is 0 Å². The van der Waals surface area contributed by atoms with Gasteiger partial charge < -0.3 is 19.4 Å². The molecule has 0 saturated heterocycles. The SMILES string of the molecule is Cc1nc(-c2ccc(OCCCCCOc3ccc(C#N)cc3)cc2)c(C(=O)NCCCn2ccnc2)s1. The minimum atomic E-state index is -0.0975. The lowest BCUT2D eigenvalue weighted by molar-refractivity contribution is 0.0957. The predicted octanol–water partition coefficient (Wildman–Crippen LogP) is 5.63. The van der Waals surface area contributed by atoms with Crippen LogP contribution in [-0.2, 0) is 6.54 Å². The molecule has 2 aromatic carbocycles. The first-order valence-corrected chi connectivity index (χ1v) is 13.5. The van der Waals surface area contributed by atoms with E-state index in [0.717, 1.165) is 54.3 Å². The number of unbranched alkanes of at least 4 members (excludes halogenated alkanes) is 2. The van der Waals surface area contributed by atoms with Crippen molar-refractivity contribution < 1.29 is 14.3 Å². The zero-order chi connectivity index (χ0) is 26.6. The van der Waals surface area contributed by atoms with E-state index in [4.69, 9.17) is 14.7 Å². The average Bonchev–Trinajstić information content (AvgIpc) is 3.61. The van der Waals surface area contributed by atoms with Gasteiger partial charge in [0.1, 0.15) is 16.4 Å². The number of aromatic nitrogens is 3. The van der Waals surface area contributed by atoms with Crippen LogP contribution in [0, 0.1) is 18.3 Å². The molecule has 8 nitrogen and oxygen atoms in total. The minimum Gasteiger partial charge on any atom is -0.494 e. The van der Waals surface area contributed by atoms with Crippen LogP contribution >= 0.6 is 11.3 Å². The number of nitrogens with zero attached hydrogens (tertiary/aromatic N) is 4. The first-order chi connectivity index (χ1) is 18.6. The van der Waals surface area contributed by atoms with Gasteiger partial charge in [0.25, 0.3) is 5.91 Å². The van der Waals surface area contributed by atoms with Crippen molar-refractivity contribution >= 4 is 17.2 Å². The Morgan fingerprint density at radius 2 is 1.68 bits per heavy atom. The number of ether oxygens (including phenoxy) is 2. The number of amides is 1. The molecule has 0 aliphatic carbocycles. The molecular formula is C29H31N5O3S. The fourth-order valence-corrected chi connectivity index (χ4v) is 4.69. The maximum atomic E-state index is 12.8. The highest BCUT2D eigenvalue weighted by molar-refractivity contribution is 7.14. The minimum absolute atomic E-state index is 0.0975. The Kier molecular flexibility index (Phi) is 9.88. The van der Waals surface area contributed by atoms with Gasteiger partial charge in [-0.1, -0.05) is 0 Å². The van der Waals surface area contributed by atoms with Crippen molar-refractivity contribution in [2.24, 2.45) is 0 Å². The maximum absolute atomic E-state index is 12.8.